The molecule has 1 aliphatic rings. The van der Waals surface area contributed by atoms with Gasteiger partial charge in [0.05, 0.1) is 0 Å². The molecule has 0 spiro atoms. The van der Waals surface area contributed by atoms with Gasteiger partial charge in [0.15, 0.2) is 0 Å². The zero-order chi connectivity index (χ0) is 30.2. The van der Waals surface area contributed by atoms with Crippen molar-refractivity contribution in [2.75, 3.05) is 25.0 Å². The number of pyridine rings is 2. The first-order valence-corrected chi connectivity index (χ1v) is 14.3. The number of aromatic nitrogens is 2. The summed E-state index contributed by atoms with van der Waals surface area (Å²) in [7, 11) is 1.99. The van der Waals surface area contributed by atoms with Gasteiger partial charge < -0.3 is 9.80 Å². The first-order valence-electron chi connectivity index (χ1n) is 14.3. The molecule has 0 atom stereocenters. The third kappa shape index (κ3) is 8.08. The Balaban J connectivity index is 1.30. The van der Waals surface area contributed by atoms with Gasteiger partial charge in [-0.3, -0.25) is 19.7 Å². The van der Waals surface area contributed by atoms with Crippen LogP contribution in [0.2, 0.25) is 0 Å². The lowest BCUT2D eigenvalue weighted by Crippen LogP contribution is -2.46. The van der Waals surface area contributed by atoms with Gasteiger partial charge in [-0.15, -0.1) is 0 Å². The Kier molecular flexibility index (Phi) is 9.51. The number of anilines is 2. The number of hydrogen-bond acceptors (Lipinski definition) is 5. The fourth-order valence-corrected chi connectivity index (χ4v) is 5.29. The van der Waals surface area contributed by atoms with Crippen molar-refractivity contribution in [1.29, 1.82) is 0 Å². The molecule has 1 amide bonds. The predicted octanol–water partition coefficient (Wildman–Crippen LogP) is 6.97. The van der Waals surface area contributed by atoms with Crippen molar-refractivity contribution in [3.05, 3.63) is 126 Å². The number of carbonyl (C=O) groups is 1. The quantitative estimate of drug-likeness (QED) is 0.199. The van der Waals surface area contributed by atoms with Crippen molar-refractivity contribution in [3.63, 3.8) is 0 Å². The van der Waals surface area contributed by atoms with E-state index in [2.05, 4.69) is 31.9 Å². The lowest BCUT2D eigenvalue weighted by molar-refractivity contribution is -0.141. The second kappa shape index (κ2) is 13.6. The van der Waals surface area contributed by atoms with Crippen molar-refractivity contribution < 1.29 is 18.0 Å². The smallest absolute Gasteiger partial charge is 0.345 e. The molecule has 5 rings (SSSR count). The van der Waals surface area contributed by atoms with E-state index in [1.165, 1.54) is 23.8 Å². The number of hydrogen-bond donors (Lipinski definition) is 0. The number of likely N-dealkylation sites (tertiary alicyclic amines) is 1. The van der Waals surface area contributed by atoms with E-state index in [1.807, 2.05) is 66.5 Å². The van der Waals surface area contributed by atoms with Crippen molar-refractivity contribution >= 4 is 23.4 Å². The van der Waals surface area contributed by atoms with E-state index in [9.17, 15) is 18.0 Å². The van der Waals surface area contributed by atoms with Crippen LogP contribution in [0.25, 0.3) is 6.08 Å². The molecule has 0 saturated carbocycles. The summed E-state index contributed by atoms with van der Waals surface area (Å²) in [5.41, 5.74) is 3.76. The molecule has 3 heterocycles. The van der Waals surface area contributed by atoms with Gasteiger partial charge in [0.2, 0.25) is 5.91 Å². The highest BCUT2D eigenvalue weighted by Crippen LogP contribution is 2.28. The Morgan fingerprint density at radius 1 is 0.907 bits per heavy atom. The molecule has 0 N–H and O–H groups in total. The maximum Gasteiger partial charge on any atom is 0.433 e. The van der Waals surface area contributed by atoms with Crippen LogP contribution >= 0.6 is 0 Å². The van der Waals surface area contributed by atoms with Crippen LogP contribution in [0, 0.1) is 0 Å². The van der Waals surface area contributed by atoms with Crippen LogP contribution in [-0.4, -0.2) is 51.9 Å². The number of carbonyl (C=O) groups excluding carboxylic acids is 1. The van der Waals surface area contributed by atoms with Crippen molar-refractivity contribution in [2.45, 2.75) is 38.1 Å². The van der Waals surface area contributed by atoms with E-state index in [4.69, 9.17) is 0 Å². The maximum atomic E-state index is 13.6. The molecule has 0 radical (unpaired) electrons. The van der Waals surface area contributed by atoms with Crippen molar-refractivity contribution in [2.24, 2.45) is 0 Å². The van der Waals surface area contributed by atoms with E-state index < -0.39 is 11.9 Å². The van der Waals surface area contributed by atoms with Crippen LogP contribution in [0.15, 0.2) is 104 Å². The highest BCUT2D eigenvalue weighted by atomic mass is 19.4. The largest absolute Gasteiger partial charge is 0.433 e. The van der Waals surface area contributed by atoms with Crippen LogP contribution in [0.4, 0.5) is 24.5 Å². The number of halogens is 3. The summed E-state index contributed by atoms with van der Waals surface area (Å²) in [6.45, 7) is 3.03. The monoisotopic (exact) mass is 585 g/mol. The lowest BCUT2D eigenvalue weighted by atomic mass is 10.0. The summed E-state index contributed by atoms with van der Waals surface area (Å²) in [6.07, 6.45) is 4.76. The SMILES string of the molecule is CN(c1ccncc1)c1ccc(CN(C(=O)C=Cc2ccc(C(F)(F)F)nc2)C2CCN(Cc3ccccc3)CC2)cc1. The topological polar surface area (TPSA) is 52.6 Å². The molecule has 6 nitrogen and oxygen atoms in total. The van der Waals surface area contributed by atoms with E-state index in [0.29, 0.717) is 12.1 Å². The average Bonchev–Trinajstić information content (AvgIpc) is 3.03. The molecule has 2 aromatic carbocycles. The van der Waals surface area contributed by atoms with Crippen LogP contribution in [-0.2, 0) is 24.1 Å². The Morgan fingerprint density at radius 3 is 2.21 bits per heavy atom. The normalized spacial score (nSPS) is 14.6. The van der Waals surface area contributed by atoms with E-state index in [1.54, 1.807) is 12.4 Å². The molecule has 43 heavy (non-hydrogen) atoms. The molecule has 0 unspecified atom stereocenters. The first-order chi connectivity index (χ1) is 20.8. The highest BCUT2D eigenvalue weighted by molar-refractivity contribution is 5.92. The minimum absolute atomic E-state index is 0.0362. The molecule has 0 bridgehead atoms. The molecule has 4 aromatic rings. The van der Waals surface area contributed by atoms with Gasteiger partial charge in [-0.05, 0) is 65.9 Å². The molecule has 1 fully saturated rings. The minimum Gasteiger partial charge on any atom is -0.345 e. The lowest BCUT2D eigenvalue weighted by Gasteiger charge is -2.38. The standard InChI is InChI=1S/C34H34F3N5O/c1-40(30-15-19-38-20-16-30)29-11-7-28(8-12-29)25-42(31-17-21-41(22-18-31)24-27-5-3-2-4-6-27)33(43)14-10-26-9-13-32(39-23-26)34(35,36)37/h2-16,19-20,23,31H,17-18,21-22,24-25H2,1H3. The molecule has 9 heteroatoms. The van der Waals surface area contributed by atoms with Crippen LogP contribution in [0.5, 0.6) is 0 Å². The second-order valence-electron chi connectivity index (χ2n) is 10.7. The average molecular weight is 586 g/mol. The zero-order valence-electron chi connectivity index (χ0n) is 24.0. The summed E-state index contributed by atoms with van der Waals surface area (Å²) in [5, 5.41) is 0. The molecule has 2 aromatic heterocycles. The van der Waals surface area contributed by atoms with Gasteiger partial charge in [-0.1, -0.05) is 48.5 Å². The third-order valence-corrected chi connectivity index (χ3v) is 7.75. The van der Waals surface area contributed by atoms with Crippen molar-refractivity contribution in [1.82, 2.24) is 19.8 Å². The number of amides is 1. The van der Waals surface area contributed by atoms with Gasteiger partial charge >= 0.3 is 6.18 Å². The van der Waals surface area contributed by atoms with Crippen LogP contribution in [0.3, 0.4) is 0 Å². The van der Waals surface area contributed by atoms with Crippen molar-refractivity contribution in [3.8, 4) is 0 Å². The molecular formula is C34H34F3N5O. The molecule has 1 saturated heterocycles. The molecule has 222 valence electrons. The summed E-state index contributed by atoms with van der Waals surface area (Å²) < 4.78 is 38.7. The summed E-state index contributed by atoms with van der Waals surface area (Å²) in [4.78, 5) is 27.5. The predicted molar refractivity (Wildman–Crippen MR) is 162 cm³/mol. The van der Waals surface area contributed by atoms with Gasteiger partial charge in [0.25, 0.3) is 0 Å². The number of piperidine rings is 1. The minimum atomic E-state index is -4.51. The van der Waals surface area contributed by atoms with E-state index in [-0.39, 0.29) is 11.9 Å². The Bertz CT molecular complexity index is 1490. The number of benzene rings is 2. The number of nitrogens with zero attached hydrogens (tertiary/aromatic N) is 5. The maximum absolute atomic E-state index is 13.6. The van der Waals surface area contributed by atoms with Gasteiger partial charge in [0, 0.05) is 75.3 Å². The molecule has 1 aliphatic heterocycles. The summed E-state index contributed by atoms with van der Waals surface area (Å²) in [5.74, 6) is -0.181. The van der Waals surface area contributed by atoms with Gasteiger partial charge in [-0.25, -0.2) is 0 Å². The number of alkyl halides is 3. The van der Waals surface area contributed by atoms with E-state index >= 15 is 0 Å². The third-order valence-electron chi connectivity index (χ3n) is 7.75. The molecular weight excluding hydrogens is 551 g/mol. The van der Waals surface area contributed by atoms with Gasteiger partial charge in [-0.2, -0.15) is 13.2 Å². The Hall–Kier alpha value is -4.50. The number of rotatable bonds is 9. The second-order valence-corrected chi connectivity index (χ2v) is 10.7. The van der Waals surface area contributed by atoms with Crippen LogP contribution < -0.4 is 4.90 Å². The van der Waals surface area contributed by atoms with Crippen LogP contribution in [0.1, 0.15) is 35.2 Å². The fourth-order valence-electron chi connectivity index (χ4n) is 5.29. The Morgan fingerprint density at radius 2 is 1.58 bits per heavy atom. The van der Waals surface area contributed by atoms with Gasteiger partial charge in [0.1, 0.15) is 5.69 Å². The van der Waals surface area contributed by atoms with E-state index in [0.717, 1.165) is 61.7 Å². The molecule has 0 aliphatic carbocycles. The summed E-state index contributed by atoms with van der Waals surface area (Å²) >= 11 is 0. The zero-order valence-corrected chi connectivity index (χ0v) is 24.0. The fraction of sp³-hybridized carbons (Fsp3) is 0.265. The highest BCUT2D eigenvalue weighted by Gasteiger charge is 2.32. The first kappa shape index (κ1) is 30.0. The Labute approximate surface area is 250 Å². The summed E-state index contributed by atoms with van der Waals surface area (Å²) in [6, 6.07) is 24.6.